The van der Waals surface area contributed by atoms with Crippen LogP contribution in [0.3, 0.4) is 0 Å². The van der Waals surface area contributed by atoms with E-state index in [0.29, 0.717) is 18.6 Å². The molecule has 23 heavy (non-hydrogen) atoms. The summed E-state index contributed by atoms with van der Waals surface area (Å²) >= 11 is 1.60. The van der Waals surface area contributed by atoms with Gasteiger partial charge in [0, 0.05) is 11.5 Å². The molecule has 0 spiro atoms. The van der Waals surface area contributed by atoms with E-state index in [1.807, 2.05) is 6.92 Å². The molecule has 0 N–H and O–H groups in total. The van der Waals surface area contributed by atoms with Gasteiger partial charge in [0.15, 0.2) is 0 Å². The Morgan fingerprint density at radius 2 is 2.17 bits per heavy atom. The van der Waals surface area contributed by atoms with Crippen LogP contribution in [0.25, 0.3) is 10.2 Å². The molecule has 0 unspecified atom stereocenters. The van der Waals surface area contributed by atoms with Crippen LogP contribution < -0.4 is 5.56 Å². The van der Waals surface area contributed by atoms with Crippen molar-refractivity contribution in [2.75, 3.05) is 19.8 Å². The van der Waals surface area contributed by atoms with E-state index in [0.717, 1.165) is 29.7 Å². The van der Waals surface area contributed by atoms with E-state index in [2.05, 4.69) is 4.98 Å². The van der Waals surface area contributed by atoms with Gasteiger partial charge in [-0.3, -0.25) is 14.2 Å². The quantitative estimate of drug-likeness (QED) is 0.595. The molecule has 0 aliphatic heterocycles. The van der Waals surface area contributed by atoms with Crippen LogP contribution in [0.15, 0.2) is 11.1 Å². The molecule has 2 aromatic heterocycles. The molecule has 7 heteroatoms. The Hall–Kier alpha value is -1.73. The highest BCUT2D eigenvalue weighted by Crippen LogP contribution is 2.33. The fourth-order valence-corrected chi connectivity index (χ4v) is 4.06. The van der Waals surface area contributed by atoms with Gasteiger partial charge in [-0.2, -0.15) is 0 Å². The summed E-state index contributed by atoms with van der Waals surface area (Å²) in [5.74, 6) is -0.447. The van der Waals surface area contributed by atoms with E-state index in [-0.39, 0.29) is 18.7 Å². The maximum Gasteiger partial charge on any atom is 0.326 e. The van der Waals surface area contributed by atoms with E-state index in [1.54, 1.807) is 11.3 Å². The number of thiophene rings is 1. The van der Waals surface area contributed by atoms with Crippen molar-refractivity contribution >= 4 is 27.5 Å². The molecule has 0 bridgehead atoms. The minimum absolute atomic E-state index is 0.113. The second kappa shape index (κ2) is 7.23. The van der Waals surface area contributed by atoms with Crippen molar-refractivity contribution in [3.8, 4) is 0 Å². The van der Waals surface area contributed by atoms with Crippen LogP contribution in [0.1, 0.15) is 30.2 Å². The molecule has 6 nitrogen and oxygen atoms in total. The summed E-state index contributed by atoms with van der Waals surface area (Å²) in [6, 6.07) is 0. The maximum atomic E-state index is 12.7. The Kier molecular flexibility index (Phi) is 5.07. The smallest absolute Gasteiger partial charge is 0.326 e. The van der Waals surface area contributed by atoms with Crippen LogP contribution >= 0.6 is 11.3 Å². The molecule has 0 radical (unpaired) electrons. The van der Waals surface area contributed by atoms with Gasteiger partial charge >= 0.3 is 5.97 Å². The van der Waals surface area contributed by atoms with Gasteiger partial charge in [-0.1, -0.05) is 0 Å². The first-order valence-corrected chi connectivity index (χ1v) is 8.75. The van der Waals surface area contributed by atoms with Crippen molar-refractivity contribution in [2.24, 2.45) is 0 Å². The highest BCUT2D eigenvalue weighted by Gasteiger charge is 2.20. The summed E-state index contributed by atoms with van der Waals surface area (Å²) in [5, 5.41) is 0.689. The summed E-state index contributed by atoms with van der Waals surface area (Å²) < 4.78 is 11.5. The fraction of sp³-hybridized carbons (Fsp3) is 0.562. The Balaban J connectivity index is 1.78. The van der Waals surface area contributed by atoms with E-state index in [4.69, 9.17) is 9.47 Å². The van der Waals surface area contributed by atoms with Crippen molar-refractivity contribution < 1.29 is 14.3 Å². The Bertz CT molecular complexity index is 765. The summed E-state index contributed by atoms with van der Waals surface area (Å²) in [6.45, 7) is 2.92. The molecule has 2 heterocycles. The Morgan fingerprint density at radius 3 is 3.00 bits per heavy atom. The summed E-state index contributed by atoms with van der Waals surface area (Å²) in [7, 11) is 0. The van der Waals surface area contributed by atoms with Gasteiger partial charge in [0.2, 0.25) is 0 Å². The summed E-state index contributed by atoms with van der Waals surface area (Å²) in [5.41, 5.74) is 0.990. The van der Waals surface area contributed by atoms with E-state index in [9.17, 15) is 9.59 Å². The zero-order valence-corrected chi connectivity index (χ0v) is 14.0. The molecule has 0 amide bonds. The monoisotopic (exact) mass is 336 g/mol. The second-order valence-corrected chi connectivity index (χ2v) is 6.57. The third-order valence-electron chi connectivity index (χ3n) is 3.94. The van der Waals surface area contributed by atoms with Gasteiger partial charge in [-0.15, -0.1) is 11.3 Å². The molecule has 1 aliphatic rings. The molecule has 0 atom stereocenters. The number of hydrogen-bond acceptors (Lipinski definition) is 6. The van der Waals surface area contributed by atoms with Crippen LogP contribution in [0.5, 0.6) is 0 Å². The lowest BCUT2D eigenvalue weighted by Gasteiger charge is -2.10. The van der Waals surface area contributed by atoms with Crippen LogP contribution in [0.2, 0.25) is 0 Å². The largest absolute Gasteiger partial charge is 0.462 e. The normalized spacial score (nSPS) is 14.0. The third-order valence-corrected chi connectivity index (χ3v) is 5.14. The lowest BCUT2D eigenvalue weighted by Crippen LogP contribution is -2.26. The van der Waals surface area contributed by atoms with Crippen LogP contribution in [-0.2, 0) is 33.7 Å². The minimum Gasteiger partial charge on any atom is -0.462 e. The zero-order valence-electron chi connectivity index (χ0n) is 13.2. The van der Waals surface area contributed by atoms with Gasteiger partial charge in [-0.25, -0.2) is 4.98 Å². The molecular formula is C16H20N2O4S. The van der Waals surface area contributed by atoms with Gasteiger partial charge in [0.1, 0.15) is 18.0 Å². The van der Waals surface area contributed by atoms with Crippen LogP contribution in [0.4, 0.5) is 0 Å². The molecule has 3 rings (SSSR count). The molecule has 0 saturated carbocycles. The molecule has 0 aromatic carbocycles. The Morgan fingerprint density at radius 1 is 1.35 bits per heavy atom. The highest BCUT2D eigenvalue weighted by atomic mass is 32.1. The number of aryl methyl sites for hydroxylation is 2. The van der Waals surface area contributed by atoms with E-state index < -0.39 is 5.97 Å². The number of rotatable bonds is 6. The van der Waals surface area contributed by atoms with Crippen molar-refractivity contribution in [3.05, 3.63) is 27.1 Å². The van der Waals surface area contributed by atoms with Crippen LogP contribution in [-0.4, -0.2) is 35.3 Å². The number of carbonyl (C=O) groups is 1. The molecule has 0 saturated heterocycles. The van der Waals surface area contributed by atoms with Gasteiger partial charge < -0.3 is 9.47 Å². The molecular weight excluding hydrogens is 316 g/mol. The number of fused-ring (bicyclic) bond motifs is 3. The number of ether oxygens (including phenoxy) is 2. The maximum absolute atomic E-state index is 12.7. The average Bonchev–Trinajstić information content (AvgIpc) is 2.93. The van der Waals surface area contributed by atoms with Gasteiger partial charge in [-0.05, 0) is 38.2 Å². The number of hydrogen-bond donors (Lipinski definition) is 0. The summed E-state index contributed by atoms with van der Waals surface area (Å²) in [6.07, 6.45) is 5.66. The van der Waals surface area contributed by atoms with Crippen LogP contribution in [0, 0.1) is 0 Å². The van der Waals surface area contributed by atoms with E-state index >= 15 is 0 Å². The lowest BCUT2D eigenvalue weighted by molar-refractivity contribution is -0.145. The average molecular weight is 336 g/mol. The molecule has 2 aromatic rings. The molecule has 124 valence electrons. The number of carbonyl (C=O) groups excluding carboxylic acids is 1. The first kappa shape index (κ1) is 16.1. The first-order valence-electron chi connectivity index (χ1n) is 7.93. The van der Waals surface area contributed by atoms with Gasteiger partial charge in [0.05, 0.1) is 18.3 Å². The number of aromatic nitrogens is 2. The fourth-order valence-electron chi connectivity index (χ4n) is 2.84. The zero-order chi connectivity index (χ0) is 16.2. The van der Waals surface area contributed by atoms with Gasteiger partial charge in [0.25, 0.3) is 5.56 Å². The summed E-state index contributed by atoms with van der Waals surface area (Å²) in [4.78, 5) is 30.9. The lowest BCUT2D eigenvalue weighted by atomic mass is 9.97. The van der Waals surface area contributed by atoms with Crippen molar-refractivity contribution in [1.82, 2.24) is 9.55 Å². The Labute approximate surface area is 138 Å². The molecule has 1 aliphatic carbocycles. The van der Waals surface area contributed by atoms with Crippen molar-refractivity contribution in [3.63, 3.8) is 0 Å². The third kappa shape index (κ3) is 3.45. The number of nitrogens with zero attached hydrogens (tertiary/aromatic N) is 2. The molecule has 0 fully saturated rings. The topological polar surface area (TPSA) is 70.4 Å². The minimum atomic E-state index is -0.447. The van der Waals surface area contributed by atoms with Crippen molar-refractivity contribution in [1.29, 1.82) is 0 Å². The second-order valence-electron chi connectivity index (χ2n) is 5.49. The SMILES string of the molecule is CCOCCOC(=O)Cn1cnc2sc3c(c2c1=O)CCCC3. The highest BCUT2D eigenvalue weighted by molar-refractivity contribution is 7.18. The standard InChI is InChI=1S/C16H20N2O4S/c1-2-21-7-8-22-13(19)9-18-10-17-15-14(16(18)20)11-5-3-4-6-12(11)23-15/h10H,2-9H2,1H3. The predicted octanol–water partition coefficient (Wildman–Crippen LogP) is 1.92. The first-order chi connectivity index (χ1) is 11.2. The van der Waals surface area contributed by atoms with Crippen molar-refractivity contribution in [2.45, 2.75) is 39.2 Å². The number of esters is 1. The predicted molar refractivity (Wildman–Crippen MR) is 88.0 cm³/mol. The van der Waals surface area contributed by atoms with E-state index in [1.165, 1.54) is 22.2 Å².